The molecular weight excluding hydrogens is 240 g/mol. The number of unbranched alkanes of at least 4 members (excludes halogenated alkanes) is 2. The van der Waals surface area contributed by atoms with Gasteiger partial charge in [-0.3, -0.25) is 0 Å². The largest absolute Gasteiger partial charge is 0.396 e. The van der Waals surface area contributed by atoms with Crippen LogP contribution in [0.2, 0.25) is 0 Å². The van der Waals surface area contributed by atoms with Crippen molar-refractivity contribution in [3.63, 3.8) is 0 Å². The number of aliphatic hydroxyl groups is 1. The van der Waals surface area contributed by atoms with Gasteiger partial charge in [0.05, 0.1) is 0 Å². The van der Waals surface area contributed by atoms with Gasteiger partial charge in [0.15, 0.2) is 0 Å². The fourth-order valence-electron chi connectivity index (χ4n) is 2.09. The van der Waals surface area contributed by atoms with Crippen LogP contribution in [0.3, 0.4) is 0 Å². The van der Waals surface area contributed by atoms with E-state index < -0.39 is 0 Å². The summed E-state index contributed by atoms with van der Waals surface area (Å²) in [5.74, 6) is 2.27. The van der Waals surface area contributed by atoms with Crippen LogP contribution in [-0.4, -0.2) is 17.5 Å². The van der Waals surface area contributed by atoms with Crippen molar-refractivity contribution in [1.29, 1.82) is 0 Å². The van der Waals surface area contributed by atoms with E-state index in [1.807, 2.05) is 11.8 Å². The fraction of sp³-hybridized carbons (Fsp3) is 0.375. The number of aliphatic hydroxyl groups excluding tert-OH is 1. The summed E-state index contributed by atoms with van der Waals surface area (Å²) < 4.78 is 0. The van der Waals surface area contributed by atoms with Crippen LogP contribution in [0, 0.1) is 0 Å². The van der Waals surface area contributed by atoms with E-state index in [0.717, 1.165) is 18.6 Å². The molecule has 1 N–H and O–H groups in total. The number of benzene rings is 2. The number of thioether (sulfide) groups is 1. The minimum atomic E-state index is 0.327. The van der Waals surface area contributed by atoms with E-state index in [1.165, 1.54) is 28.5 Å². The minimum absolute atomic E-state index is 0.327. The molecule has 0 spiro atoms. The molecule has 0 fully saturated rings. The maximum atomic E-state index is 8.71. The molecule has 0 saturated carbocycles. The van der Waals surface area contributed by atoms with E-state index in [4.69, 9.17) is 5.11 Å². The van der Waals surface area contributed by atoms with Crippen LogP contribution in [0.4, 0.5) is 0 Å². The van der Waals surface area contributed by atoms with E-state index in [9.17, 15) is 0 Å². The fourth-order valence-corrected chi connectivity index (χ4v) is 3.12. The van der Waals surface area contributed by atoms with Gasteiger partial charge in [-0.2, -0.15) is 11.8 Å². The van der Waals surface area contributed by atoms with Gasteiger partial charge in [-0.05, 0) is 34.9 Å². The molecule has 0 atom stereocenters. The summed E-state index contributed by atoms with van der Waals surface area (Å²) in [5, 5.41) is 11.4. The van der Waals surface area contributed by atoms with Gasteiger partial charge in [0.25, 0.3) is 0 Å². The highest BCUT2D eigenvalue weighted by molar-refractivity contribution is 7.98. The molecule has 0 aromatic heterocycles. The van der Waals surface area contributed by atoms with Gasteiger partial charge < -0.3 is 5.11 Å². The van der Waals surface area contributed by atoms with Gasteiger partial charge in [-0.1, -0.05) is 48.9 Å². The summed E-state index contributed by atoms with van der Waals surface area (Å²) in [6.07, 6.45) is 3.28. The minimum Gasteiger partial charge on any atom is -0.396 e. The van der Waals surface area contributed by atoms with Crippen molar-refractivity contribution in [3.05, 3.63) is 48.0 Å². The van der Waals surface area contributed by atoms with Crippen molar-refractivity contribution in [3.8, 4) is 0 Å². The summed E-state index contributed by atoms with van der Waals surface area (Å²) in [6, 6.07) is 15.1. The third kappa shape index (κ3) is 3.76. The smallest absolute Gasteiger partial charge is 0.0431 e. The molecule has 2 heteroatoms. The molecule has 0 bridgehead atoms. The van der Waals surface area contributed by atoms with Crippen molar-refractivity contribution in [2.24, 2.45) is 0 Å². The highest BCUT2D eigenvalue weighted by Gasteiger charge is 2.00. The summed E-state index contributed by atoms with van der Waals surface area (Å²) >= 11 is 1.99. The Morgan fingerprint density at radius 2 is 1.72 bits per heavy atom. The number of hydrogen-bond acceptors (Lipinski definition) is 2. The van der Waals surface area contributed by atoms with Crippen molar-refractivity contribution < 1.29 is 5.11 Å². The summed E-state index contributed by atoms with van der Waals surface area (Å²) in [7, 11) is 0. The second-order valence-corrected chi connectivity index (χ2v) is 5.58. The Morgan fingerprint density at radius 3 is 2.61 bits per heavy atom. The quantitative estimate of drug-likeness (QED) is 0.752. The zero-order valence-corrected chi connectivity index (χ0v) is 11.5. The molecule has 0 unspecified atom stereocenters. The average molecular weight is 260 g/mol. The zero-order chi connectivity index (χ0) is 12.6. The Hall–Kier alpha value is -0.990. The normalized spacial score (nSPS) is 10.9. The SMILES string of the molecule is OCCCCCSCc1cccc2ccccc12. The maximum Gasteiger partial charge on any atom is 0.0431 e. The first kappa shape index (κ1) is 13.4. The Kier molecular flexibility index (Phi) is 5.56. The second-order valence-electron chi connectivity index (χ2n) is 4.48. The molecule has 1 nitrogen and oxygen atoms in total. The molecular formula is C16H20OS. The maximum absolute atomic E-state index is 8.71. The predicted octanol–water partition coefficient (Wildman–Crippen LogP) is 4.24. The zero-order valence-electron chi connectivity index (χ0n) is 10.6. The predicted molar refractivity (Wildman–Crippen MR) is 81.0 cm³/mol. The lowest BCUT2D eigenvalue weighted by atomic mass is 10.1. The highest BCUT2D eigenvalue weighted by Crippen LogP contribution is 2.23. The summed E-state index contributed by atoms with van der Waals surface area (Å²) in [6.45, 7) is 0.327. The molecule has 0 saturated heterocycles. The van der Waals surface area contributed by atoms with Gasteiger partial charge in [0, 0.05) is 12.4 Å². The molecule has 0 aliphatic carbocycles. The average Bonchev–Trinajstić information content (AvgIpc) is 2.43. The van der Waals surface area contributed by atoms with Crippen LogP contribution in [-0.2, 0) is 5.75 Å². The molecule has 96 valence electrons. The Morgan fingerprint density at radius 1 is 0.889 bits per heavy atom. The molecule has 0 aliphatic heterocycles. The number of hydrogen-bond donors (Lipinski definition) is 1. The van der Waals surface area contributed by atoms with E-state index in [1.54, 1.807) is 0 Å². The van der Waals surface area contributed by atoms with E-state index in [2.05, 4.69) is 42.5 Å². The van der Waals surface area contributed by atoms with Gasteiger partial charge in [-0.25, -0.2) is 0 Å². The molecule has 0 heterocycles. The van der Waals surface area contributed by atoms with Gasteiger partial charge in [-0.15, -0.1) is 0 Å². The van der Waals surface area contributed by atoms with Crippen LogP contribution < -0.4 is 0 Å². The molecule has 2 aromatic carbocycles. The van der Waals surface area contributed by atoms with Crippen LogP contribution in [0.25, 0.3) is 10.8 Å². The van der Waals surface area contributed by atoms with Gasteiger partial charge in [0.1, 0.15) is 0 Å². The van der Waals surface area contributed by atoms with Crippen LogP contribution in [0.1, 0.15) is 24.8 Å². The first-order valence-electron chi connectivity index (χ1n) is 6.57. The summed E-state index contributed by atoms with van der Waals surface area (Å²) in [5.41, 5.74) is 1.43. The first-order chi connectivity index (χ1) is 8.92. The Labute approximate surface area is 113 Å². The van der Waals surface area contributed by atoms with Crippen molar-refractivity contribution >= 4 is 22.5 Å². The lowest BCUT2D eigenvalue weighted by Gasteiger charge is -2.06. The molecule has 18 heavy (non-hydrogen) atoms. The lowest BCUT2D eigenvalue weighted by Crippen LogP contribution is -1.88. The van der Waals surface area contributed by atoms with E-state index in [0.29, 0.717) is 6.61 Å². The monoisotopic (exact) mass is 260 g/mol. The van der Waals surface area contributed by atoms with Crippen LogP contribution in [0.5, 0.6) is 0 Å². The Bertz CT molecular complexity index is 476. The molecule has 0 aliphatic rings. The van der Waals surface area contributed by atoms with Crippen LogP contribution in [0.15, 0.2) is 42.5 Å². The van der Waals surface area contributed by atoms with E-state index in [-0.39, 0.29) is 0 Å². The van der Waals surface area contributed by atoms with Gasteiger partial charge >= 0.3 is 0 Å². The molecule has 2 aromatic rings. The highest BCUT2D eigenvalue weighted by atomic mass is 32.2. The topological polar surface area (TPSA) is 20.2 Å². The number of fused-ring (bicyclic) bond motifs is 1. The first-order valence-corrected chi connectivity index (χ1v) is 7.72. The van der Waals surface area contributed by atoms with Crippen molar-refractivity contribution in [2.45, 2.75) is 25.0 Å². The third-order valence-electron chi connectivity index (χ3n) is 3.08. The Balaban J connectivity index is 1.88. The third-order valence-corrected chi connectivity index (χ3v) is 4.18. The van der Waals surface area contributed by atoms with Crippen LogP contribution >= 0.6 is 11.8 Å². The summed E-state index contributed by atoms with van der Waals surface area (Å²) in [4.78, 5) is 0. The second kappa shape index (κ2) is 7.45. The molecule has 0 radical (unpaired) electrons. The molecule has 2 rings (SSSR count). The standard InChI is InChI=1S/C16H20OS/c17-11-4-1-5-12-18-13-15-9-6-8-14-7-2-3-10-16(14)15/h2-3,6-10,17H,1,4-5,11-13H2. The van der Waals surface area contributed by atoms with E-state index >= 15 is 0 Å². The van der Waals surface area contributed by atoms with Crippen molar-refractivity contribution in [1.82, 2.24) is 0 Å². The molecule has 0 amide bonds. The lowest BCUT2D eigenvalue weighted by molar-refractivity contribution is 0.284. The van der Waals surface area contributed by atoms with Crippen molar-refractivity contribution in [2.75, 3.05) is 12.4 Å². The number of rotatable bonds is 7. The van der Waals surface area contributed by atoms with Gasteiger partial charge in [0.2, 0.25) is 0 Å².